The van der Waals surface area contributed by atoms with Crippen molar-refractivity contribution in [3.8, 4) is 0 Å². The number of carbonyl (C=O) groups excluding carboxylic acids is 3. The molecule has 0 heterocycles. The summed E-state index contributed by atoms with van der Waals surface area (Å²) in [4.78, 5) is 58.8. The number of aliphatic hydroxyl groups excluding tert-OH is 2. The fourth-order valence-electron chi connectivity index (χ4n) is 11.9. The zero-order chi connectivity index (χ0) is 78.0. The molecule has 0 aliphatic rings. The maximum atomic E-state index is 13.0. The monoisotopic (exact) mass is 1550 g/mol. The Morgan fingerprint density at radius 3 is 0.804 bits per heavy atom. The number of phosphoric ester groups is 2. The summed E-state index contributed by atoms with van der Waals surface area (Å²) in [5.74, 6) is -1.56. The Morgan fingerprint density at radius 1 is 0.271 bits per heavy atom. The molecule has 5 atom stereocenters. The highest BCUT2D eigenvalue weighted by Crippen LogP contribution is 2.45. The van der Waals surface area contributed by atoms with Crippen molar-refractivity contribution < 1.29 is 75.8 Å². The van der Waals surface area contributed by atoms with E-state index in [-0.39, 0.29) is 19.3 Å². The van der Waals surface area contributed by atoms with Gasteiger partial charge in [0.05, 0.1) is 26.4 Å². The van der Waals surface area contributed by atoms with Crippen LogP contribution >= 0.6 is 15.6 Å². The molecule has 0 aromatic heterocycles. The summed E-state index contributed by atoms with van der Waals surface area (Å²) in [5, 5.41) is 20.7. The second-order valence-corrected chi connectivity index (χ2v) is 31.9. The molecule has 16 nitrogen and oxygen atoms in total. The van der Waals surface area contributed by atoms with Gasteiger partial charge in [-0.05, 0) is 109 Å². The van der Waals surface area contributed by atoms with Crippen molar-refractivity contribution in [3.63, 3.8) is 0 Å². The minimum absolute atomic E-state index is 0.107. The maximum Gasteiger partial charge on any atom is 0.472 e. The minimum atomic E-state index is -4.93. The van der Waals surface area contributed by atoms with E-state index in [4.69, 9.17) is 32.3 Å². The maximum absolute atomic E-state index is 13.0. The Labute approximate surface area is 653 Å². The van der Waals surface area contributed by atoms with E-state index in [1.165, 1.54) is 193 Å². The Kier molecular flexibility index (Phi) is 78.8. The lowest BCUT2D eigenvalue weighted by Gasteiger charge is -2.21. The van der Waals surface area contributed by atoms with Gasteiger partial charge in [0.2, 0.25) is 0 Å². The number of rotatable bonds is 82. The van der Waals surface area contributed by atoms with Crippen LogP contribution in [0.4, 0.5) is 0 Å². The third kappa shape index (κ3) is 83.0. The van der Waals surface area contributed by atoms with E-state index in [2.05, 4.69) is 130 Å². The average Bonchev–Trinajstić information content (AvgIpc) is 0.904. The molecular formula is C89H158O16P2. The number of ether oxygens (including phenoxy) is 3. The van der Waals surface area contributed by atoms with Gasteiger partial charge >= 0.3 is 33.6 Å². The van der Waals surface area contributed by atoms with Crippen LogP contribution in [0.3, 0.4) is 0 Å². The van der Waals surface area contributed by atoms with Gasteiger partial charge in [-0.2, -0.15) is 0 Å². The standard InChI is InChI=1S/C89H158O16P2/c1-4-7-10-13-16-19-22-25-28-30-32-34-36-38-39-40-41-42-43-45-47-48-50-52-55-57-60-63-66-69-72-75-87(92)99-78-84(90)79-101-106(95,96)102-80-85(91)81-103-107(97,98)104-83-86(105-89(94)77-74-71-68-65-62-59-54-27-24-21-18-15-12-9-6-3)82-100-88(93)76-73-70-67-64-61-58-56-53-51-49-46-44-37-35-33-31-29-26-23-20-17-14-11-8-5-2/h8,11,16-17,19-20,25-26,28-29,32-35,38-39,44,46,84-86,90-91H,4-7,9-10,12-15,18,21-24,27,30-31,36-37,40-43,45,47-83H2,1-3H3,(H,95,96)(H,97,98)/b11-8-,19-16-,20-17-,28-25-,29-26-,34-32-,35-33-,39-38-,46-44-. The van der Waals surface area contributed by atoms with Gasteiger partial charge in [-0.1, -0.05) is 361 Å². The molecule has 107 heavy (non-hydrogen) atoms. The molecule has 0 saturated carbocycles. The number of hydrogen-bond acceptors (Lipinski definition) is 14. The van der Waals surface area contributed by atoms with Gasteiger partial charge < -0.3 is 34.2 Å². The molecule has 0 rings (SSSR count). The van der Waals surface area contributed by atoms with E-state index in [9.17, 15) is 43.5 Å². The predicted octanol–water partition coefficient (Wildman–Crippen LogP) is 25.9. The summed E-state index contributed by atoms with van der Waals surface area (Å²) < 4.78 is 61.3. The number of allylic oxidation sites excluding steroid dienone is 18. The molecule has 4 N–H and O–H groups in total. The second kappa shape index (κ2) is 81.7. The summed E-state index contributed by atoms with van der Waals surface area (Å²) in [6.07, 6.45) is 97.1. The molecule has 0 aliphatic carbocycles. The molecule has 0 amide bonds. The van der Waals surface area contributed by atoms with Gasteiger partial charge in [0.15, 0.2) is 6.10 Å². The van der Waals surface area contributed by atoms with Crippen LogP contribution in [0.1, 0.15) is 380 Å². The van der Waals surface area contributed by atoms with E-state index < -0.39 is 91.5 Å². The first-order valence-corrected chi connectivity index (χ1v) is 46.2. The van der Waals surface area contributed by atoms with Crippen molar-refractivity contribution in [1.82, 2.24) is 0 Å². The van der Waals surface area contributed by atoms with Crippen molar-refractivity contribution >= 4 is 33.6 Å². The normalized spacial score (nSPS) is 14.4. The summed E-state index contributed by atoms with van der Waals surface area (Å²) in [7, 11) is -9.79. The molecule has 620 valence electrons. The molecule has 0 spiro atoms. The van der Waals surface area contributed by atoms with Crippen LogP contribution in [0, 0.1) is 0 Å². The number of esters is 3. The van der Waals surface area contributed by atoms with E-state index in [0.717, 1.165) is 128 Å². The minimum Gasteiger partial charge on any atom is -0.463 e. The average molecular weight is 1550 g/mol. The molecule has 5 unspecified atom stereocenters. The van der Waals surface area contributed by atoms with Gasteiger partial charge in [-0.15, -0.1) is 0 Å². The predicted molar refractivity (Wildman–Crippen MR) is 445 cm³/mol. The number of phosphoric acid groups is 2. The van der Waals surface area contributed by atoms with E-state index in [0.29, 0.717) is 19.3 Å². The van der Waals surface area contributed by atoms with E-state index >= 15 is 0 Å². The van der Waals surface area contributed by atoms with E-state index in [1.54, 1.807) is 0 Å². The Morgan fingerprint density at radius 2 is 0.495 bits per heavy atom. The molecule has 0 radical (unpaired) electrons. The van der Waals surface area contributed by atoms with Crippen molar-refractivity contribution in [1.29, 1.82) is 0 Å². The number of hydrogen-bond donors (Lipinski definition) is 4. The molecule has 0 fully saturated rings. The lowest BCUT2D eigenvalue weighted by Crippen LogP contribution is -2.30. The molecule has 0 aliphatic heterocycles. The molecule has 0 aromatic carbocycles. The first-order valence-electron chi connectivity index (χ1n) is 43.2. The van der Waals surface area contributed by atoms with Gasteiger partial charge in [0, 0.05) is 19.3 Å². The Balaban J connectivity index is 4.48. The van der Waals surface area contributed by atoms with Crippen LogP contribution in [0.25, 0.3) is 0 Å². The molecule has 0 saturated heterocycles. The topological polar surface area (TPSA) is 231 Å². The number of aliphatic hydroxyl groups is 2. The fourth-order valence-corrected chi connectivity index (χ4v) is 13.5. The van der Waals surface area contributed by atoms with Gasteiger partial charge in [0.1, 0.15) is 25.4 Å². The quantitative estimate of drug-likeness (QED) is 0.0146. The van der Waals surface area contributed by atoms with Crippen molar-refractivity contribution in [3.05, 3.63) is 109 Å². The third-order valence-corrected chi connectivity index (χ3v) is 20.4. The summed E-state index contributed by atoms with van der Waals surface area (Å²) in [6, 6.07) is 0. The first kappa shape index (κ1) is 103. The zero-order valence-corrected chi connectivity index (χ0v) is 69.8. The summed E-state index contributed by atoms with van der Waals surface area (Å²) >= 11 is 0. The van der Waals surface area contributed by atoms with Gasteiger partial charge in [0.25, 0.3) is 0 Å². The van der Waals surface area contributed by atoms with Crippen LogP contribution in [0.15, 0.2) is 109 Å². The Bertz CT molecular complexity index is 2380. The first-order chi connectivity index (χ1) is 52.2. The summed E-state index contributed by atoms with van der Waals surface area (Å²) in [5.41, 5.74) is 0. The van der Waals surface area contributed by atoms with Crippen molar-refractivity contribution in [2.45, 2.75) is 399 Å². The Hall–Kier alpha value is -3.79. The van der Waals surface area contributed by atoms with Crippen LogP contribution in [-0.4, -0.2) is 95.9 Å². The molecule has 18 heteroatoms. The van der Waals surface area contributed by atoms with Crippen LogP contribution in [0.5, 0.6) is 0 Å². The zero-order valence-electron chi connectivity index (χ0n) is 68.0. The lowest BCUT2D eigenvalue weighted by atomic mass is 10.0. The van der Waals surface area contributed by atoms with Crippen molar-refractivity contribution in [2.24, 2.45) is 0 Å². The van der Waals surface area contributed by atoms with Crippen LogP contribution < -0.4 is 0 Å². The van der Waals surface area contributed by atoms with Crippen molar-refractivity contribution in [2.75, 3.05) is 39.6 Å². The highest BCUT2D eigenvalue weighted by molar-refractivity contribution is 7.47. The lowest BCUT2D eigenvalue weighted by molar-refractivity contribution is -0.161. The smallest absolute Gasteiger partial charge is 0.463 e. The van der Waals surface area contributed by atoms with Gasteiger partial charge in [-0.25, -0.2) is 9.13 Å². The van der Waals surface area contributed by atoms with Gasteiger partial charge in [-0.3, -0.25) is 32.5 Å². The largest absolute Gasteiger partial charge is 0.472 e. The van der Waals surface area contributed by atoms with Crippen LogP contribution in [-0.2, 0) is 55.8 Å². The fraction of sp³-hybridized carbons (Fsp3) is 0.764. The number of unbranched alkanes of at least 4 members (excludes halogenated alkanes) is 41. The molecular weight excluding hydrogens is 1390 g/mol. The highest BCUT2D eigenvalue weighted by atomic mass is 31.2. The molecule has 0 bridgehead atoms. The highest BCUT2D eigenvalue weighted by Gasteiger charge is 2.29. The summed E-state index contributed by atoms with van der Waals surface area (Å²) in [6.45, 7) is 2.60. The number of carbonyl (C=O) groups is 3. The van der Waals surface area contributed by atoms with Crippen LogP contribution in [0.2, 0.25) is 0 Å². The SMILES string of the molecule is CC/C=C\C/C=C\C/C=C\C/C=C\C/C=C\CCCCCCCCCCCC(=O)OCC(COP(=O)(O)OCC(O)COP(=O)(O)OCC(O)COC(=O)CCCCCCCCCCCCCCCCC/C=C\C/C=C\C/C=C\C/C=C\CCCCC)OC(=O)CCCCCCCCCCCCCCCCC. The second-order valence-electron chi connectivity index (χ2n) is 29.0. The molecule has 0 aromatic rings. The third-order valence-electron chi connectivity index (χ3n) is 18.5. The van der Waals surface area contributed by atoms with E-state index in [1.807, 2.05) is 0 Å².